The molecule has 0 N–H and O–H groups in total. The molecule has 190 valence electrons. The summed E-state index contributed by atoms with van der Waals surface area (Å²) in [4.78, 5) is 22.9. The van der Waals surface area contributed by atoms with E-state index >= 15 is 0 Å². The van der Waals surface area contributed by atoms with E-state index in [-0.39, 0.29) is 5.91 Å². The van der Waals surface area contributed by atoms with Gasteiger partial charge in [0, 0.05) is 54.1 Å². The van der Waals surface area contributed by atoms with Gasteiger partial charge < -0.3 is 14.5 Å². The van der Waals surface area contributed by atoms with Gasteiger partial charge in [-0.15, -0.1) is 0 Å². The average molecular weight is 524 g/mol. The summed E-state index contributed by atoms with van der Waals surface area (Å²) in [6, 6.07) is 29.2. The van der Waals surface area contributed by atoms with Crippen LogP contribution in [0.2, 0.25) is 5.02 Å². The first kappa shape index (κ1) is 24.0. The number of amides is 1. The van der Waals surface area contributed by atoms with Gasteiger partial charge in [-0.05, 0) is 48.5 Å². The summed E-state index contributed by atoms with van der Waals surface area (Å²) >= 11 is 6.19. The van der Waals surface area contributed by atoms with Crippen molar-refractivity contribution in [3.05, 3.63) is 102 Å². The molecule has 1 amide bonds. The Hall–Kier alpha value is -4.36. The first-order valence-electron chi connectivity index (χ1n) is 12.5. The maximum Gasteiger partial charge on any atom is 0.272 e. The minimum atomic E-state index is -0.0689. The molecular formula is C30H26ClN5O2. The van der Waals surface area contributed by atoms with E-state index in [1.54, 1.807) is 11.6 Å². The molecule has 3 aromatic carbocycles. The third kappa shape index (κ3) is 4.68. The number of hydrogen-bond acceptors (Lipinski definition) is 5. The van der Waals surface area contributed by atoms with Crippen molar-refractivity contribution >= 4 is 28.8 Å². The van der Waals surface area contributed by atoms with Crippen LogP contribution >= 0.6 is 11.6 Å². The third-order valence-corrected chi connectivity index (χ3v) is 7.08. The van der Waals surface area contributed by atoms with Gasteiger partial charge in [-0.2, -0.15) is 5.10 Å². The van der Waals surface area contributed by atoms with Crippen LogP contribution in [0.25, 0.3) is 28.2 Å². The van der Waals surface area contributed by atoms with Crippen LogP contribution < -0.4 is 9.64 Å². The second kappa shape index (κ2) is 10.2. The van der Waals surface area contributed by atoms with Crippen LogP contribution in [0.4, 0.5) is 5.69 Å². The largest absolute Gasteiger partial charge is 0.497 e. The molecule has 0 radical (unpaired) electrons. The molecule has 0 atom stereocenters. The number of anilines is 1. The van der Waals surface area contributed by atoms with E-state index in [0.717, 1.165) is 41.3 Å². The van der Waals surface area contributed by atoms with Gasteiger partial charge in [-0.25, -0.2) is 9.50 Å². The number of aromatic nitrogens is 3. The number of piperazine rings is 1. The van der Waals surface area contributed by atoms with Crippen LogP contribution in [0.3, 0.4) is 0 Å². The highest BCUT2D eigenvalue weighted by atomic mass is 35.5. The molecule has 8 heteroatoms. The Morgan fingerprint density at radius 1 is 0.816 bits per heavy atom. The lowest BCUT2D eigenvalue weighted by Gasteiger charge is -2.36. The lowest BCUT2D eigenvalue weighted by Crippen LogP contribution is -2.49. The molecule has 0 spiro atoms. The summed E-state index contributed by atoms with van der Waals surface area (Å²) in [7, 11) is 1.64. The SMILES string of the molecule is COc1ccc(-c2cc(C(=O)N3CCN(c4cccc(Cl)c4)CC3)n3nc(-c4ccccc4)cc3n2)cc1. The van der Waals surface area contributed by atoms with Crippen molar-refractivity contribution in [2.24, 2.45) is 0 Å². The number of halogens is 1. The van der Waals surface area contributed by atoms with E-state index in [1.807, 2.05) is 95.9 Å². The van der Waals surface area contributed by atoms with Crippen molar-refractivity contribution in [1.29, 1.82) is 0 Å². The molecule has 5 aromatic rings. The number of fused-ring (bicyclic) bond motifs is 1. The van der Waals surface area contributed by atoms with Gasteiger partial charge >= 0.3 is 0 Å². The lowest BCUT2D eigenvalue weighted by molar-refractivity contribution is 0.0738. The summed E-state index contributed by atoms with van der Waals surface area (Å²) in [6.45, 7) is 2.64. The normalized spacial score (nSPS) is 13.6. The average Bonchev–Trinajstić information content (AvgIpc) is 3.41. The Kier molecular flexibility index (Phi) is 6.43. The molecule has 2 aromatic heterocycles. The van der Waals surface area contributed by atoms with E-state index in [1.165, 1.54) is 0 Å². The van der Waals surface area contributed by atoms with Crippen LogP contribution in [-0.2, 0) is 0 Å². The number of ether oxygens (including phenoxy) is 1. The monoisotopic (exact) mass is 523 g/mol. The van der Waals surface area contributed by atoms with Crippen LogP contribution in [0.5, 0.6) is 5.75 Å². The molecule has 1 aliphatic heterocycles. The summed E-state index contributed by atoms with van der Waals surface area (Å²) < 4.78 is 6.98. The Bertz CT molecular complexity index is 1590. The van der Waals surface area contributed by atoms with Gasteiger partial charge in [0.25, 0.3) is 5.91 Å². The van der Waals surface area contributed by atoms with Gasteiger partial charge in [0.2, 0.25) is 0 Å². The highest BCUT2D eigenvalue weighted by molar-refractivity contribution is 6.30. The Labute approximate surface area is 225 Å². The first-order chi connectivity index (χ1) is 18.6. The third-order valence-electron chi connectivity index (χ3n) is 6.84. The number of nitrogens with zero attached hydrogens (tertiary/aromatic N) is 5. The number of carbonyl (C=O) groups excluding carboxylic acids is 1. The van der Waals surface area contributed by atoms with E-state index < -0.39 is 0 Å². The van der Waals surface area contributed by atoms with Crippen LogP contribution in [0, 0.1) is 0 Å². The van der Waals surface area contributed by atoms with Gasteiger partial charge in [-0.1, -0.05) is 48.0 Å². The maximum absolute atomic E-state index is 13.9. The number of methoxy groups -OCH3 is 1. The predicted molar refractivity (Wildman–Crippen MR) is 150 cm³/mol. The minimum absolute atomic E-state index is 0.0689. The second-order valence-corrected chi connectivity index (χ2v) is 9.62. The van der Waals surface area contributed by atoms with Crippen molar-refractivity contribution in [3.63, 3.8) is 0 Å². The zero-order valence-electron chi connectivity index (χ0n) is 20.9. The summed E-state index contributed by atoms with van der Waals surface area (Å²) in [5.74, 6) is 0.694. The molecule has 3 heterocycles. The molecule has 38 heavy (non-hydrogen) atoms. The fourth-order valence-corrected chi connectivity index (χ4v) is 4.97. The summed E-state index contributed by atoms with van der Waals surface area (Å²) in [5.41, 5.74) is 5.52. The molecular weight excluding hydrogens is 498 g/mol. The van der Waals surface area contributed by atoms with Crippen molar-refractivity contribution < 1.29 is 9.53 Å². The molecule has 1 fully saturated rings. The van der Waals surface area contributed by atoms with Crippen LogP contribution in [0.1, 0.15) is 10.5 Å². The van der Waals surface area contributed by atoms with Crippen molar-refractivity contribution in [2.45, 2.75) is 0 Å². The van der Waals surface area contributed by atoms with Gasteiger partial charge in [0.05, 0.1) is 18.5 Å². The van der Waals surface area contributed by atoms with Gasteiger partial charge in [0.15, 0.2) is 5.65 Å². The van der Waals surface area contributed by atoms with Crippen LogP contribution in [-0.4, -0.2) is 58.7 Å². The van der Waals surface area contributed by atoms with Gasteiger partial charge in [-0.3, -0.25) is 4.79 Å². The molecule has 0 aliphatic carbocycles. The summed E-state index contributed by atoms with van der Waals surface area (Å²) in [6.07, 6.45) is 0. The quantitative estimate of drug-likeness (QED) is 0.296. The zero-order valence-corrected chi connectivity index (χ0v) is 21.7. The van der Waals surface area contributed by atoms with Crippen molar-refractivity contribution in [3.8, 4) is 28.3 Å². The Balaban J connectivity index is 1.35. The molecule has 0 bridgehead atoms. The maximum atomic E-state index is 13.9. The number of benzene rings is 3. The molecule has 7 nitrogen and oxygen atoms in total. The molecule has 1 saturated heterocycles. The first-order valence-corrected chi connectivity index (χ1v) is 12.9. The van der Waals surface area contributed by atoms with E-state index in [2.05, 4.69) is 4.90 Å². The van der Waals surface area contributed by atoms with E-state index in [4.69, 9.17) is 26.4 Å². The molecule has 0 saturated carbocycles. The number of carbonyl (C=O) groups is 1. The molecule has 1 aliphatic rings. The zero-order chi connectivity index (χ0) is 26.1. The van der Waals surface area contributed by atoms with Crippen LogP contribution in [0.15, 0.2) is 91.0 Å². The van der Waals surface area contributed by atoms with E-state index in [9.17, 15) is 4.79 Å². The lowest BCUT2D eigenvalue weighted by atomic mass is 10.1. The fraction of sp³-hybridized carbons (Fsp3) is 0.167. The highest BCUT2D eigenvalue weighted by Gasteiger charge is 2.26. The number of hydrogen-bond donors (Lipinski definition) is 0. The highest BCUT2D eigenvalue weighted by Crippen LogP contribution is 2.27. The van der Waals surface area contributed by atoms with E-state index in [0.29, 0.717) is 35.1 Å². The molecule has 0 unspecified atom stereocenters. The van der Waals surface area contributed by atoms with Crippen molar-refractivity contribution in [1.82, 2.24) is 19.5 Å². The Morgan fingerprint density at radius 3 is 2.26 bits per heavy atom. The smallest absolute Gasteiger partial charge is 0.272 e. The Morgan fingerprint density at radius 2 is 1.55 bits per heavy atom. The number of rotatable bonds is 5. The van der Waals surface area contributed by atoms with Gasteiger partial charge in [0.1, 0.15) is 11.4 Å². The minimum Gasteiger partial charge on any atom is -0.497 e. The fourth-order valence-electron chi connectivity index (χ4n) is 4.79. The van der Waals surface area contributed by atoms with Crippen molar-refractivity contribution in [2.75, 3.05) is 38.2 Å². The topological polar surface area (TPSA) is 63.0 Å². The standard InChI is InChI=1S/C30H26ClN5O2/c1-38-25-12-10-22(11-13-25)26-19-28(36-29(32-26)20-27(33-36)21-6-3-2-4-7-21)30(37)35-16-14-34(15-17-35)24-9-5-8-23(31)18-24/h2-13,18-20H,14-17H2,1H3. The summed E-state index contributed by atoms with van der Waals surface area (Å²) in [5, 5.41) is 5.50. The second-order valence-electron chi connectivity index (χ2n) is 9.18. The predicted octanol–water partition coefficient (Wildman–Crippen LogP) is 5.69. The molecule has 6 rings (SSSR count).